The summed E-state index contributed by atoms with van der Waals surface area (Å²) in [4.78, 5) is 45.5. The van der Waals surface area contributed by atoms with E-state index < -0.39 is 0 Å². The molecule has 6 nitrogen and oxygen atoms in total. The van der Waals surface area contributed by atoms with Crippen LogP contribution in [0.3, 0.4) is 0 Å². The van der Waals surface area contributed by atoms with E-state index in [0.29, 0.717) is 42.3 Å². The SMILES string of the molecule is Cc1ccc(C(=O)Nc2cccc(C(=O)N3CCCN(C(=O)c4ccc(C)s4)CC3)c2)s1. The van der Waals surface area contributed by atoms with Gasteiger partial charge in [0.1, 0.15) is 0 Å². The minimum Gasteiger partial charge on any atom is -0.337 e. The van der Waals surface area contributed by atoms with Gasteiger partial charge in [0.05, 0.1) is 9.75 Å². The number of rotatable bonds is 4. The van der Waals surface area contributed by atoms with Gasteiger partial charge in [0.2, 0.25) is 0 Å². The average Bonchev–Trinajstić information content (AvgIpc) is 3.34. The van der Waals surface area contributed by atoms with Gasteiger partial charge in [0.25, 0.3) is 17.7 Å². The zero-order valence-corrected chi connectivity index (χ0v) is 19.7. The Labute approximate surface area is 195 Å². The first-order valence-corrected chi connectivity index (χ1v) is 12.2. The predicted octanol–water partition coefficient (Wildman–Crippen LogP) is 4.67. The molecule has 1 aromatic carbocycles. The van der Waals surface area contributed by atoms with Crippen LogP contribution in [0.15, 0.2) is 48.5 Å². The Morgan fingerprint density at radius 3 is 2.03 bits per heavy atom. The number of thiophene rings is 2. The monoisotopic (exact) mass is 467 g/mol. The normalized spacial score (nSPS) is 14.2. The van der Waals surface area contributed by atoms with Crippen LogP contribution in [-0.2, 0) is 0 Å². The van der Waals surface area contributed by atoms with Crippen LogP contribution in [0.1, 0.15) is 45.9 Å². The smallest absolute Gasteiger partial charge is 0.265 e. The van der Waals surface area contributed by atoms with E-state index in [9.17, 15) is 14.4 Å². The van der Waals surface area contributed by atoms with Crippen LogP contribution >= 0.6 is 22.7 Å². The van der Waals surface area contributed by atoms with Crippen molar-refractivity contribution in [3.63, 3.8) is 0 Å². The molecule has 1 N–H and O–H groups in total. The molecule has 0 saturated carbocycles. The fourth-order valence-electron chi connectivity index (χ4n) is 3.69. The first-order valence-electron chi connectivity index (χ1n) is 10.5. The zero-order chi connectivity index (χ0) is 22.7. The number of amides is 3. The molecule has 0 unspecified atom stereocenters. The molecule has 8 heteroatoms. The molecular weight excluding hydrogens is 442 g/mol. The number of nitrogens with zero attached hydrogens (tertiary/aromatic N) is 2. The van der Waals surface area contributed by atoms with Crippen LogP contribution in [0.4, 0.5) is 5.69 Å². The van der Waals surface area contributed by atoms with Crippen molar-refractivity contribution in [1.82, 2.24) is 9.80 Å². The second-order valence-corrected chi connectivity index (χ2v) is 10.4. The van der Waals surface area contributed by atoms with Crippen LogP contribution in [-0.4, -0.2) is 53.7 Å². The largest absolute Gasteiger partial charge is 0.337 e. The predicted molar refractivity (Wildman–Crippen MR) is 129 cm³/mol. The molecule has 0 radical (unpaired) electrons. The van der Waals surface area contributed by atoms with Gasteiger partial charge in [-0.25, -0.2) is 0 Å². The molecule has 0 atom stereocenters. The summed E-state index contributed by atoms with van der Waals surface area (Å²) in [5.74, 6) is -0.235. The molecule has 1 fully saturated rings. The maximum Gasteiger partial charge on any atom is 0.265 e. The van der Waals surface area contributed by atoms with E-state index in [1.165, 1.54) is 22.7 Å². The Hall–Kier alpha value is -2.97. The third kappa shape index (κ3) is 5.08. The summed E-state index contributed by atoms with van der Waals surface area (Å²) < 4.78 is 0. The molecule has 4 rings (SSSR count). The Morgan fingerprint density at radius 1 is 0.781 bits per heavy atom. The van der Waals surface area contributed by atoms with E-state index in [-0.39, 0.29) is 17.7 Å². The number of carbonyl (C=O) groups excluding carboxylic acids is 3. The van der Waals surface area contributed by atoms with Crippen LogP contribution in [0, 0.1) is 13.8 Å². The van der Waals surface area contributed by atoms with Crippen molar-refractivity contribution in [2.75, 3.05) is 31.5 Å². The topological polar surface area (TPSA) is 69.7 Å². The molecule has 0 spiro atoms. The summed E-state index contributed by atoms with van der Waals surface area (Å²) in [7, 11) is 0. The van der Waals surface area contributed by atoms with Crippen molar-refractivity contribution in [2.24, 2.45) is 0 Å². The van der Waals surface area contributed by atoms with Crippen molar-refractivity contribution in [3.8, 4) is 0 Å². The maximum absolute atomic E-state index is 13.1. The van der Waals surface area contributed by atoms with Gasteiger partial charge in [-0.3, -0.25) is 14.4 Å². The number of hydrogen-bond acceptors (Lipinski definition) is 5. The van der Waals surface area contributed by atoms with E-state index in [1.807, 2.05) is 36.9 Å². The molecule has 1 saturated heterocycles. The Kier molecular flexibility index (Phi) is 6.72. The van der Waals surface area contributed by atoms with E-state index in [2.05, 4.69) is 5.32 Å². The summed E-state index contributed by atoms with van der Waals surface area (Å²) in [5.41, 5.74) is 1.12. The molecule has 3 amide bonds. The fourth-order valence-corrected chi connectivity index (χ4v) is 5.29. The number of aryl methyl sites for hydroxylation is 2. The highest BCUT2D eigenvalue weighted by Crippen LogP contribution is 2.21. The van der Waals surface area contributed by atoms with E-state index >= 15 is 0 Å². The maximum atomic E-state index is 13.1. The molecule has 3 heterocycles. The van der Waals surface area contributed by atoms with E-state index in [0.717, 1.165) is 21.1 Å². The van der Waals surface area contributed by atoms with Gasteiger partial charge < -0.3 is 15.1 Å². The Bertz CT molecular complexity index is 1150. The van der Waals surface area contributed by atoms with E-state index in [4.69, 9.17) is 0 Å². The third-order valence-corrected chi connectivity index (χ3v) is 7.34. The lowest BCUT2D eigenvalue weighted by atomic mass is 10.1. The standard InChI is InChI=1S/C24H25N3O3S2/c1-16-7-9-20(31-16)22(28)25-19-6-3-5-18(15-19)23(29)26-11-4-12-27(14-13-26)24(30)21-10-8-17(2)32-21/h3,5-10,15H,4,11-14H2,1-2H3,(H,25,28). The fraction of sp³-hybridized carbons (Fsp3) is 0.292. The van der Waals surface area contributed by atoms with Gasteiger partial charge >= 0.3 is 0 Å². The summed E-state index contributed by atoms with van der Waals surface area (Å²) in [6, 6.07) is 14.6. The summed E-state index contributed by atoms with van der Waals surface area (Å²) in [6.07, 6.45) is 0.732. The van der Waals surface area contributed by atoms with Crippen molar-refractivity contribution in [2.45, 2.75) is 20.3 Å². The van der Waals surface area contributed by atoms with Gasteiger partial charge in [0.15, 0.2) is 0 Å². The van der Waals surface area contributed by atoms with Crippen molar-refractivity contribution in [3.05, 3.63) is 73.6 Å². The van der Waals surface area contributed by atoms with Crippen LogP contribution in [0.2, 0.25) is 0 Å². The minimum absolute atomic E-state index is 0.0333. The van der Waals surface area contributed by atoms with Crippen LogP contribution in [0.5, 0.6) is 0 Å². The number of nitrogens with one attached hydrogen (secondary N) is 1. The van der Waals surface area contributed by atoms with Crippen LogP contribution < -0.4 is 5.32 Å². The van der Waals surface area contributed by atoms with Crippen molar-refractivity contribution >= 4 is 46.1 Å². The van der Waals surface area contributed by atoms with Gasteiger partial charge in [-0.2, -0.15) is 0 Å². The highest BCUT2D eigenvalue weighted by Gasteiger charge is 2.24. The third-order valence-electron chi connectivity index (χ3n) is 5.35. The Balaban J connectivity index is 1.40. The lowest BCUT2D eigenvalue weighted by Gasteiger charge is -2.22. The van der Waals surface area contributed by atoms with Crippen LogP contribution in [0.25, 0.3) is 0 Å². The van der Waals surface area contributed by atoms with Gasteiger partial charge in [0, 0.05) is 47.2 Å². The molecule has 1 aliphatic heterocycles. The molecule has 3 aromatic rings. The van der Waals surface area contributed by atoms with Crippen molar-refractivity contribution in [1.29, 1.82) is 0 Å². The number of anilines is 1. The molecule has 2 aromatic heterocycles. The average molecular weight is 468 g/mol. The zero-order valence-electron chi connectivity index (χ0n) is 18.1. The minimum atomic E-state index is -0.180. The molecular formula is C24H25N3O3S2. The number of benzene rings is 1. The van der Waals surface area contributed by atoms with E-state index in [1.54, 1.807) is 35.2 Å². The first kappa shape index (κ1) is 22.2. The molecule has 1 aliphatic rings. The number of carbonyl (C=O) groups is 3. The highest BCUT2D eigenvalue weighted by atomic mass is 32.1. The second kappa shape index (κ2) is 9.67. The molecule has 0 bridgehead atoms. The first-order chi connectivity index (χ1) is 15.4. The van der Waals surface area contributed by atoms with Crippen molar-refractivity contribution < 1.29 is 14.4 Å². The lowest BCUT2D eigenvalue weighted by Crippen LogP contribution is -2.37. The molecule has 166 valence electrons. The number of hydrogen-bond donors (Lipinski definition) is 1. The molecule has 32 heavy (non-hydrogen) atoms. The summed E-state index contributed by atoms with van der Waals surface area (Å²) >= 11 is 2.93. The van der Waals surface area contributed by atoms with Gasteiger partial charge in [-0.15, -0.1) is 22.7 Å². The lowest BCUT2D eigenvalue weighted by molar-refractivity contribution is 0.0721. The Morgan fingerprint density at radius 2 is 1.41 bits per heavy atom. The summed E-state index contributed by atoms with van der Waals surface area (Å²) in [5, 5.41) is 2.87. The molecule has 0 aliphatic carbocycles. The summed E-state index contributed by atoms with van der Waals surface area (Å²) in [6.45, 7) is 6.17. The quantitative estimate of drug-likeness (QED) is 0.606. The van der Waals surface area contributed by atoms with Gasteiger partial charge in [-0.1, -0.05) is 6.07 Å². The highest BCUT2D eigenvalue weighted by molar-refractivity contribution is 7.14. The van der Waals surface area contributed by atoms with Gasteiger partial charge in [-0.05, 0) is 62.7 Å². The second-order valence-electron chi connectivity index (χ2n) is 7.79.